The zero-order chi connectivity index (χ0) is 20.3. The molecule has 5 heteroatoms. The summed E-state index contributed by atoms with van der Waals surface area (Å²) in [5, 5.41) is 1.67. The van der Waals surface area contributed by atoms with Crippen molar-refractivity contribution in [2.24, 2.45) is 5.73 Å². The first-order chi connectivity index (χ1) is 13.4. The molecule has 28 heavy (non-hydrogen) atoms. The third kappa shape index (κ3) is 3.37. The highest BCUT2D eigenvalue weighted by molar-refractivity contribution is 6.00. The number of hydrogen-bond acceptors (Lipinski definition) is 5. The van der Waals surface area contributed by atoms with E-state index in [1.165, 1.54) is 6.92 Å². The van der Waals surface area contributed by atoms with Crippen LogP contribution in [0.25, 0.3) is 10.8 Å². The monoisotopic (exact) mass is 377 g/mol. The summed E-state index contributed by atoms with van der Waals surface area (Å²) in [5.41, 5.74) is 6.45. The molecule has 1 atom stereocenters. The van der Waals surface area contributed by atoms with Crippen LogP contribution < -0.4 is 15.2 Å². The van der Waals surface area contributed by atoms with Crippen molar-refractivity contribution >= 4 is 22.5 Å². The number of nitrogens with two attached hydrogens (primary N) is 1. The fraction of sp³-hybridized carbons (Fsp3) is 0.217. The molecule has 0 amide bonds. The van der Waals surface area contributed by atoms with Crippen molar-refractivity contribution in [2.45, 2.75) is 25.8 Å². The minimum Gasteiger partial charge on any atom is -0.497 e. The number of ether oxygens (including phenoxy) is 2. The quantitative estimate of drug-likeness (QED) is 0.520. The van der Waals surface area contributed by atoms with E-state index >= 15 is 0 Å². The van der Waals surface area contributed by atoms with Crippen molar-refractivity contribution in [3.63, 3.8) is 0 Å². The van der Waals surface area contributed by atoms with Gasteiger partial charge in [0.1, 0.15) is 17.0 Å². The number of rotatable bonds is 6. The van der Waals surface area contributed by atoms with Crippen LogP contribution in [0.4, 0.5) is 0 Å². The molecule has 3 aromatic rings. The molecule has 0 aliphatic rings. The maximum Gasteiger partial charge on any atom is 0.308 e. The highest BCUT2D eigenvalue weighted by Gasteiger charge is 2.40. The topological polar surface area (TPSA) is 78.6 Å². The van der Waals surface area contributed by atoms with E-state index < -0.39 is 11.5 Å². The van der Waals surface area contributed by atoms with Crippen LogP contribution in [0.3, 0.4) is 0 Å². The molecule has 0 fully saturated rings. The van der Waals surface area contributed by atoms with Gasteiger partial charge in [-0.1, -0.05) is 49.4 Å². The van der Waals surface area contributed by atoms with E-state index in [2.05, 4.69) is 0 Å². The van der Waals surface area contributed by atoms with Crippen LogP contribution >= 0.6 is 0 Å². The summed E-state index contributed by atoms with van der Waals surface area (Å²) >= 11 is 0. The Morgan fingerprint density at radius 1 is 1.00 bits per heavy atom. The Morgan fingerprint density at radius 2 is 1.68 bits per heavy atom. The van der Waals surface area contributed by atoms with Crippen molar-refractivity contribution in [3.05, 3.63) is 71.8 Å². The van der Waals surface area contributed by atoms with Gasteiger partial charge in [0.15, 0.2) is 5.78 Å². The largest absolute Gasteiger partial charge is 0.497 e. The maximum absolute atomic E-state index is 13.2. The molecule has 2 N–H and O–H groups in total. The third-order valence-electron chi connectivity index (χ3n) is 4.85. The zero-order valence-electron chi connectivity index (χ0n) is 16.2. The maximum atomic E-state index is 13.2. The average molecular weight is 377 g/mol. The van der Waals surface area contributed by atoms with Crippen LogP contribution in [0.5, 0.6) is 11.5 Å². The van der Waals surface area contributed by atoms with E-state index in [0.717, 1.165) is 10.8 Å². The van der Waals surface area contributed by atoms with E-state index in [1.807, 2.05) is 30.3 Å². The van der Waals surface area contributed by atoms with E-state index in [4.69, 9.17) is 15.2 Å². The Bertz CT molecular complexity index is 1030. The molecule has 144 valence electrons. The standard InChI is InChI=1S/C23H23NO4/c1-4-21(26)23(24,17-10-12-18(27-3)13-11-17)22-19-8-6-5-7-16(19)9-14-20(22)28-15(2)25/h5-14H,4,24H2,1-3H3. The predicted molar refractivity (Wildman–Crippen MR) is 109 cm³/mol. The van der Waals surface area contributed by atoms with Gasteiger partial charge in [-0.05, 0) is 34.5 Å². The fourth-order valence-electron chi connectivity index (χ4n) is 3.48. The summed E-state index contributed by atoms with van der Waals surface area (Å²) in [5.74, 6) is 0.291. The highest BCUT2D eigenvalue weighted by atomic mass is 16.5. The molecule has 5 nitrogen and oxygen atoms in total. The van der Waals surface area contributed by atoms with Crippen LogP contribution in [0, 0.1) is 0 Å². The second kappa shape index (κ2) is 7.82. The van der Waals surface area contributed by atoms with Crippen LogP contribution in [0.1, 0.15) is 31.4 Å². The van der Waals surface area contributed by atoms with Gasteiger partial charge < -0.3 is 15.2 Å². The summed E-state index contributed by atoms with van der Waals surface area (Å²) in [4.78, 5) is 24.9. The molecule has 0 aliphatic heterocycles. The lowest BCUT2D eigenvalue weighted by Gasteiger charge is -2.31. The number of fused-ring (bicyclic) bond motifs is 1. The van der Waals surface area contributed by atoms with Crippen LogP contribution in [0.2, 0.25) is 0 Å². The fourth-order valence-corrected chi connectivity index (χ4v) is 3.48. The Morgan fingerprint density at radius 3 is 2.29 bits per heavy atom. The number of esters is 1. The molecule has 1 unspecified atom stereocenters. The first-order valence-electron chi connectivity index (χ1n) is 9.09. The molecular weight excluding hydrogens is 354 g/mol. The second-order valence-electron chi connectivity index (χ2n) is 6.57. The van der Waals surface area contributed by atoms with Crippen molar-refractivity contribution in [3.8, 4) is 11.5 Å². The van der Waals surface area contributed by atoms with Crippen LogP contribution in [-0.4, -0.2) is 18.9 Å². The number of Topliss-reactive ketones (excluding diaryl/α,β-unsaturated/α-hetero) is 1. The number of methoxy groups -OCH3 is 1. The van der Waals surface area contributed by atoms with E-state index in [0.29, 0.717) is 16.9 Å². The third-order valence-corrected chi connectivity index (χ3v) is 4.85. The number of carbonyl (C=O) groups excluding carboxylic acids is 2. The molecule has 0 heterocycles. The summed E-state index contributed by atoms with van der Waals surface area (Å²) < 4.78 is 10.7. The number of hydrogen-bond donors (Lipinski definition) is 1. The summed E-state index contributed by atoms with van der Waals surface area (Å²) in [6, 6.07) is 18.2. The molecule has 0 aliphatic carbocycles. The molecule has 0 saturated heterocycles. The lowest BCUT2D eigenvalue weighted by molar-refractivity contribution is -0.132. The van der Waals surface area contributed by atoms with Crippen molar-refractivity contribution in [2.75, 3.05) is 7.11 Å². The molecule has 0 saturated carbocycles. The van der Waals surface area contributed by atoms with Gasteiger partial charge in [0.2, 0.25) is 0 Å². The number of carbonyl (C=O) groups is 2. The number of benzene rings is 3. The molecule has 0 radical (unpaired) electrons. The number of ketones is 1. The Kier molecular flexibility index (Phi) is 5.47. The van der Waals surface area contributed by atoms with Gasteiger partial charge in [-0.15, -0.1) is 0 Å². The van der Waals surface area contributed by atoms with Gasteiger partial charge in [0.25, 0.3) is 0 Å². The SMILES string of the molecule is CCC(=O)C(N)(c1ccc(OC)cc1)c1c(OC(C)=O)ccc2ccccc12. The van der Waals surface area contributed by atoms with Gasteiger partial charge in [-0.3, -0.25) is 9.59 Å². The molecule has 3 rings (SSSR count). The van der Waals surface area contributed by atoms with Crippen molar-refractivity contribution in [1.29, 1.82) is 0 Å². The lowest BCUT2D eigenvalue weighted by Crippen LogP contribution is -2.46. The predicted octanol–water partition coefficient (Wildman–Crippen LogP) is 3.96. The molecular formula is C23H23NO4. The average Bonchev–Trinajstić information content (AvgIpc) is 2.72. The molecule has 0 bridgehead atoms. The van der Waals surface area contributed by atoms with E-state index in [9.17, 15) is 9.59 Å². The normalized spacial score (nSPS) is 13.0. The first-order valence-corrected chi connectivity index (χ1v) is 9.09. The second-order valence-corrected chi connectivity index (χ2v) is 6.57. The molecule has 0 spiro atoms. The first kappa shape index (κ1) is 19.6. The Hall–Kier alpha value is -3.18. The lowest BCUT2D eigenvalue weighted by atomic mass is 9.76. The van der Waals surface area contributed by atoms with Crippen LogP contribution in [-0.2, 0) is 15.1 Å². The minimum absolute atomic E-state index is 0.178. The molecule has 3 aromatic carbocycles. The van der Waals surface area contributed by atoms with Gasteiger partial charge in [0.05, 0.1) is 7.11 Å². The van der Waals surface area contributed by atoms with Gasteiger partial charge in [0, 0.05) is 18.9 Å². The molecule has 0 aromatic heterocycles. The van der Waals surface area contributed by atoms with Crippen LogP contribution in [0.15, 0.2) is 60.7 Å². The Labute approximate surface area is 164 Å². The van der Waals surface area contributed by atoms with Crippen molar-refractivity contribution < 1.29 is 19.1 Å². The summed E-state index contributed by atoms with van der Waals surface area (Å²) in [6.45, 7) is 3.09. The highest BCUT2D eigenvalue weighted by Crippen LogP contribution is 2.41. The minimum atomic E-state index is -1.48. The zero-order valence-corrected chi connectivity index (χ0v) is 16.2. The summed E-state index contributed by atoms with van der Waals surface area (Å²) in [6.07, 6.45) is 0.227. The van der Waals surface area contributed by atoms with Crippen molar-refractivity contribution in [1.82, 2.24) is 0 Å². The van der Waals surface area contributed by atoms with Gasteiger partial charge in [-0.25, -0.2) is 0 Å². The smallest absolute Gasteiger partial charge is 0.308 e. The van der Waals surface area contributed by atoms with Gasteiger partial charge >= 0.3 is 5.97 Å². The summed E-state index contributed by atoms with van der Waals surface area (Å²) in [7, 11) is 1.57. The van der Waals surface area contributed by atoms with Gasteiger partial charge in [-0.2, -0.15) is 0 Å². The van der Waals surface area contributed by atoms with E-state index in [1.54, 1.807) is 44.4 Å². The van der Waals surface area contributed by atoms with E-state index in [-0.39, 0.29) is 18.0 Å². The Balaban J connectivity index is 2.37.